The smallest absolute Gasteiger partial charge is 0.190 e. The van der Waals surface area contributed by atoms with Crippen LogP contribution in [0.5, 0.6) is 11.5 Å². The highest BCUT2D eigenvalue weighted by molar-refractivity contribution is 14.0. The van der Waals surface area contributed by atoms with Crippen LogP contribution in [0.2, 0.25) is 0 Å². The number of benzene rings is 2. The molecule has 0 heterocycles. The van der Waals surface area contributed by atoms with Crippen LogP contribution in [0.3, 0.4) is 0 Å². The molecule has 0 spiro atoms. The SMILES string of the molecule is CN=C(NCCc1cc(C)cc(C)c1)NCCc1ccc(OC)cc1O.I. The van der Waals surface area contributed by atoms with E-state index in [0.29, 0.717) is 18.7 Å². The number of methoxy groups -OCH3 is 1. The Morgan fingerprint density at radius 3 is 2.19 bits per heavy atom. The number of nitrogens with one attached hydrogen (secondary N) is 2. The van der Waals surface area contributed by atoms with Crippen molar-refractivity contribution in [3.05, 3.63) is 58.7 Å². The number of ether oxygens (including phenoxy) is 1. The summed E-state index contributed by atoms with van der Waals surface area (Å²) in [6.45, 7) is 5.75. The summed E-state index contributed by atoms with van der Waals surface area (Å²) >= 11 is 0. The minimum Gasteiger partial charge on any atom is -0.508 e. The van der Waals surface area contributed by atoms with E-state index in [0.717, 1.165) is 24.5 Å². The van der Waals surface area contributed by atoms with Gasteiger partial charge in [-0.05, 0) is 43.9 Å². The van der Waals surface area contributed by atoms with E-state index in [2.05, 4.69) is 47.7 Å². The molecule has 2 aromatic rings. The third kappa shape index (κ3) is 7.66. The van der Waals surface area contributed by atoms with E-state index in [1.807, 2.05) is 12.1 Å². The van der Waals surface area contributed by atoms with Gasteiger partial charge in [0.1, 0.15) is 11.5 Å². The van der Waals surface area contributed by atoms with Crippen LogP contribution in [-0.4, -0.2) is 38.3 Å². The van der Waals surface area contributed by atoms with Crippen LogP contribution in [0, 0.1) is 13.8 Å². The average Bonchev–Trinajstić information content (AvgIpc) is 2.60. The van der Waals surface area contributed by atoms with E-state index in [-0.39, 0.29) is 29.7 Å². The van der Waals surface area contributed by atoms with Crippen molar-refractivity contribution in [2.45, 2.75) is 26.7 Å². The highest BCUT2D eigenvalue weighted by Crippen LogP contribution is 2.23. The number of phenols is 1. The highest BCUT2D eigenvalue weighted by atomic mass is 127. The Kier molecular flexibility index (Phi) is 9.99. The lowest BCUT2D eigenvalue weighted by Crippen LogP contribution is -2.39. The van der Waals surface area contributed by atoms with E-state index in [4.69, 9.17) is 4.74 Å². The Morgan fingerprint density at radius 2 is 1.63 bits per heavy atom. The van der Waals surface area contributed by atoms with Crippen LogP contribution < -0.4 is 15.4 Å². The number of nitrogens with zero attached hydrogens (tertiary/aromatic N) is 1. The maximum atomic E-state index is 10.0. The minimum absolute atomic E-state index is 0. The molecule has 0 radical (unpaired) electrons. The van der Waals surface area contributed by atoms with Gasteiger partial charge in [0.25, 0.3) is 0 Å². The molecule has 0 bridgehead atoms. The van der Waals surface area contributed by atoms with Gasteiger partial charge in [-0.3, -0.25) is 4.99 Å². The molecule has 2 rings (SSSR count). The molecule has 0 atom stereocenters. The first-order valence-electron chi connectivity index (χ1n) is 8.89. The molecule has 0 aromatic heterocycles. The molecule has 3 N–H and O–H groups in total. The zero-order chi connectivity index (χ0) is 18.9. The molecule has 2 aromatic carbocycles. The third-order valence-corrected chi connectivity index (χ3v) is 4.19. The Labute approximate surface area is 179 Å². The van der Waals surface area contributed by atoms with Crippen LogP contribution in [0.4, 0.5) is 0 Å². The molecule has 0 aliphatic rings. The van der Waals surface area contributed by atoms with Gasteiger partial charge >= 0.3 is 0 Å². The summed E-state index contributed by atoms with van der Waals surface area (Å²) in [4.78, 5) is 4.25. The summed E-state index contributed by atoms with van der Waals surface area (Å²) in [5, 5.41) is 16.6. The first-order chi connectivity index (χ1) is 12.5. The molecule has 5 nitrogen and oxygen atoms in total. The van der Waals surface area contributed by atoms with Gasteiger partial charge in [-0.15, -0.1) is 24.0 Å². The van der Waals surface area contributed by atoms with Crippen LogP contribution in [-0.2, 0) is 12.8 Å². The number of hydrogen-bond acceptors (Lipinski definition) is 3. The predicted molar refractivity (Wildman–Crippen MR) is 123 cm³/mol. The summed E-state index contributed by atoms with van der Waals surface area (Å²) in [5.74, 6) is 1.68. The first kappa shape index (κ1) is 23.1. The average molecular weight is 483 g/mol. The number of aryl methyl sites for hydroxylation is 2. The Bertz CT molecular complexity index is 743. The predicted octanol–water partition coefficient (Wildman–Crippen LogP) is 3.59. The molecule has 0 unspecified atom stereocenters. The topological polar surface area (TPSA) is 65.9 Å². The zero-order valence-corrected chi connectivity index (χ0v) is 18.8. The molecule has 148 valence electrons. The van der Waals surface area contributed by atoms with Gasteiger partial charge < -0.3 is 20.5 Å². The zero-order valence-electron chi connectivity index (χ0n) is 16.5. The van der Waals surface area contributed by atoms with E-state index < -0.39 is 0 Å². The van der Waals surface area contributed by atoms with Gasteiger partial charge in [0.05, 0.1) is 7.11 Å². The Balaban J connectivity index is 0.00000364. The quantitative estimate of drug-likeness (QED) is 0.320. The monoisotopic (exact) mass is 483 g/mol. The van der Waals surface area contributed by atoms with Crippen molar-refractivity contribution in [1.82, 2.24) is 10.6 Å². The molecule has 0 amide bonds. The second kappa shape index (κ2) is 11.7. The number of halogens is 1. The van der Waals surface area contributed by atoms with Gasteiger partial charge in [-0.1, -0.05) is 35.4 Å². The lowest BCUT2D eigenvalue weighted by atomic mass is 10.1. The van der Waals surface area contributed by atoms with Crippen LogP contribution in [0.1, 0.15) is 22.3 Å². The molecule has 6 heteroatoms. The molecule has 0 saturated carbocycles. The fraction of sp³-hybridized carbons (Fsp3) is 0.381. The summed E-state index contributed by atoms with van der Waals surface area (Å²) in [5.41, 5.74) is 4.79. The van der Waals surface area contributed by atoms with Crippen molar-refractivity contribution >= 4 is 29.9 Å². The number of aliphatic imine (C=N–C) groups is 1. The second-order valence-corrected chi connectivity index (χ2v) is 6.42. The van der Waals surface area contributed by atoms with Crippen molar-refractivity contribution in [1.29, 1.82) is 0 Å². The molecular formula is C21H30IN3O2. The standard InChI is InChI=1S/C21H29N3O2.HI/c1-15-11-16(2)13-17(12-15)7-9-23-21(22-3)24-10-8-18-5-6-19(26-4)14-20(18)25;/h5-6,11-14,25H,7-10H2,1-4H3,(H2,22,23,24);1H. The number of phenolic OH excluding ortho intramolecular Hbond substituents is 1. The summed E-state index contributed by atoms with van der Waals surface area (Å²) < 4.78 is 5.10. The number of guanidine groups is 1. The molecule has 0 aliphatic carbocycles. The molecule has 0 saturated heterocycles. The summed E-state index contributed by atoms with van der Waals surface area (Å²) in [6, 6.07) is 12.0. The maximum Gasteiger partial charge on any atom is 0.190 e. The van der Waals surface area contributed by atoms with E-state index in [9.17, 15) is 5.11 Å². The van der Waals surface area contributed by atoms with Crippen LogP contribution in [0.25, 0.3) is 0 Å². The van der Waals surface area contributed by atoms with E-state index in [1.54, 1.807) is 20.2 Å². The first-order valence-corrected chi connectivity index (χ1v) is 8.89. The summed E-state index contributed by atoms with van der Waals surface area (Å²) in [6.07, 6.45) is 1.65. The fourth-order valence-corrected chi connectivity index (χ4v) is 2.96. The van der Waals surface area contributed by atoms with Crippen LogP contribution in [0.15, 0.2) is 41.4 Å². The normalized spacial score (nSPS) is 10.9. The largest absolute Gasteiger partial charge is 0.508 e. The lowest BCUT2D eigenvalue weighted by molar-refractivity contribution is 0.406. The number of aromatic hydroxyl groups is 1. The molecule has 0 fully saturated rings. The van der Waals surface area contributed by atoms with E-state index in [1.165, 1.54) is 16.7 Å². The number of rotatable bonds is 7. The highest BCUT2D eigenvalue weighted by Gasteiger charge is 2.04. The van der Waals surface area contributed by atoms with Crippen molar-refractivity contribution in [3.63, 3.8) is 0 Å². The van der Waals surface area contributed by atoms with Crippen molar-refractivity contribution in [2.24, 2.45) is 4.99 Å². The van der Waals surface area contributed by atoms with Gasteiger partial charge in [0, 0.05) is 26.2 Å². The van der Waals surface area contributed by atoms with Gasteiger partial charge in [-0.25, -0.2) is 0 Å². The molecular weight excluding hydrogens is 453 g/mol. The van der Waals surface area contributed by atoms with Crippen molar-refractivity contribution in [2.75, 3.05) is 27.2 Å². The van der Waals surface area contributed by atoms with Crippen molar-refractivity contribution < 1.29 is 9.84 Å². The van der Waals surface area contributed by atoms with Gasteiger partial charge in [0.15, 0.2) is 5.96 Å². The lowest BCUT2D eigenvalue weighted by Gasteiger charge is -2.13. The van der Waals surface area contributed by atoms with Crippen molar-refractivity contribution in [3.8, 4) is 11.5 Å². The molecule has 0 aliphatic heterocycles. The second-order valence-electron chi connectivity index (χ2n) is 6.42. The van der Waals surface area contributed by atoms with Gasteiger partial charge in [-0.2, -0.15) is 0 Å². The third-order valence-electron chi connectivity index (χ3n) is 4.19. The molecule has 27 heavy (non-hydrogen) atoms. The minimum atomic E-state index is 0. The van der Waals surface area contributed by atoms with Crippen LogP contribution >= 0.6 is 24.0 Å². The maximum absolute atomic E-state index is 10.0. The Hall–Kier alpha value is -1.96. The summed E-state index contributed by atoms with van der Waals surface area (Å²) in [7, 11) is 3.35. The van der Waals surface area contributed by atoms with Gasteiger partial charge in [0.2, 0.25) is 0 Å². The fourth-order valence-electron chi connectivity index (χ4n) is 2.96. The van der Waals surface area contributed by atoms with E-state index >= 15 is 0 Å². The number of hydrogen-bond donors (Lipinski definition) is 3. The Morgan fingerprint density at radius 1 is 1.00 bits per heavy atom.